The average Bonchev–Trinajstić information content (AvgIpc) is 1.83. The summed E-state index contributed by atoms with van der Waals surface area (Å²) >= 11 is 0. The second-order valence-electron chi connectivity index (χ2n) is 0.955. The summed E-state index contributed by atoms with van der Waals surface area (Å²) in [6, 6.07) is 0. The summed E-state index contributed by atoms with van der Waals surface area (Å²) in [6.45, 7) is -0.109. The Morgan fingerprint density at radius 3 is 2.88 bits per heavy atom. The van der Waals surface area contributed by atoms with Crippen molar-refractivity contribution >= 4 is 13.8 Å². The van der Waals surface area contributed by atoms with Gasteiger partial charge in [-0.15, -0.1) is 0 Å². The van der Waals surface area contributed by atoms with Crippen molar-refractivity contribution in [2.24, 2.45) is 5.73 Å². The maximum atomic E-state index is 10.1. The first-order chi connectivity index (χ1) is 3.81. The van der Waals surface area contributed by atoms with Crippen LogP contribution in [0.5, 0.6) is 0 Å². The first kappa shape index (κ1) is 7.44. The van der Waals surface area contributed by atoms with E-state index in [-0.39, 0.29) is 14.5 Å². The van der Waals surface area contributed by atoms with Gasteiger partial charge in [-0.25, -0.2) is 0 Å². The van der Waals surface area contributed by atoms with Gasteiger partial charge in [-0.1, -0.05) is 0 Å². The van der Waals surface area contributed by atoms with E-state index in [1.807, 2.05) is 11.1 Å². The fourth-order valence-electron chi connectivity index (χ4n) is 0.136. The number of carbonyl (C=O) groups excluding carboxylic acids is 1. The fourth-order valence-corrected chi connectivity index (χ4v) is 0.307. The molecular formula is C3H5N2O2P. The van der Waals surface area contributed by atoms with E-state index in [0.717, 1.165) is 0 Å². The standard InChI is InChI=1S/C3H5N2O2P/c4-1-3(6)5-2-8-7/h1,4H2,(H,5,6). The molecule has 0 aliphatic heterocycles. The zero-order chi connectivity index (χ0) is 6.41. The molecule has 0 aromatic carbocycles. The fraction of sp³-hybridized carbons (Fsp3) is 0.333. The molecule has 0 rings (SSSR count). The minimum atomic E-state index is -0.395. The number of hydrogen-bond acceptors (Lipinski definition) is 3. The van der Waals surface area contributed by atoms with Crippen LogP contribution >= 0.6 is 7.92 Å². The molecule has 0 saturated heterocycles. The molecule has 8 heavy (non-hydrogen) atoms. The van der Waals surface area contributed by atoms with Crippen LogP contribution < -0.4 is 11.1 Å². The van der Waals surface area contributed by atoms with Crippen LogP contribution in [-0.4, -0.2) is 12.5 Å². The molecule has 0 aliphatic carbocycles. The molecule has 0 heterocycles. The van der Waals surface area contributed by atoms with E-state index in [9.17, 15) is 9.36 Å². The van der Waals surface area contributed by atoms with Gasteiger partial charge in [0.15, 0.2) is 0 Å². The molecule has 5 heteroatoms. The van der Waals surface area contributed by atoms with E-state index >= 15 is 0 Å². The van der Waals surface area contributed by atoms with Gasteiger partial charge in [0.2, 0.25) is 0 Å². The zero-order valence-corrected chi connectivity index (χ0v) is 4.94. The molecule has 0 atom stereocenters. The molecule has 0 saturated carbocycles. The Hall–Kier alpha value is -0.560. The number of hydrogen-bond donors (Lipinski definition) is 2. The average molecular weight is 132 g/mol. The van der Waals surface area contributed by atoms with Crippen LogP contribution in [0.2, 0.25) is 0 Å². The SMILES string of the molecule is NCC(=O)NC#P=O. The van der Waals surface area contributed by atoms with Crippen LogP contribution in [0.4, 0.5) is 0 Å². The van der Waals surface area contributed by atoms with Crippen LogP contribution in [0.15, 0.2) is 0 Å². The molecule has 0 aromatic rings. The minimum absolute atomic E-state index is 0.109. The molecule has 0 radical (unpaired) electrons. The quantitative estimate of drug-likeness (QED) is 0.365. The molecule has 0 aliphatic rings. The van der Waals surface area contributed by atoms with Gasteiger partial charge in [-0.2, -0.15) is 0 Å². The monoisotopic (exact) mass is 132 g/mol. The van der Waals surface area contributed by atoms with Gasteiger partial charge in [-0.05, 0) is 0 Å². The molecular weight excluding hydrogens is 127 g/mol. The van der Waals surface area contributed by atoms with Crippen molar-refractivity contribution in [3.63, 3.8) is 0 Å². The first-order valence-corrected chi connectivity index (χ1v) is 2.68. The summed E-state index contributed by atoms with van der Waals surface area (Å²) in [7, 11) is -0.338. The molecule has 4 nitrogen and oxygen atoms in total. The number of amides is 1. The predicted octanol–water partition coefficient (Wildman–Crippen LogP) is -0.730. The van der Waals surface area contributed by atoms with Gasteiger partial charge in [0, 0.05) is 0 Å². The van der Waals surface area contributed by atoms with Crippen molar-refractivity contribution in [2.45, 2.75) is 0 Å². The number of nitrogens with one attached hydrogen (secondary N) is 1. The normalized spacial score (nSPS) is 7.12. The van der Waals surface area contributed by atoms with Crippen molar-refractivity contribution in [3.05, 3.63) is 0 Å². The summed E-state index contributed by atoms with van der Waals surface area (Å²) in [5, 5.41) is 2.04. The topological polar surface area (TPSA) is 72.2 Å². The van der Waals surface area contributed by atoms with Gasteiger partial charge < -0.3 is 0 Å². The summed E-state index contributed by atoms with van der Waals surface area (Å²) in [6.07, 6.45) is 0. The molecule has 0 bridgehead atoms. The van der Waals surface area contributed by atoms with Crippen LogP contribution in [-0.2, 0) is 9.36 Å². The van der Waals surface area contributed by atoms with Gasteiger partial charge in [0.05, 0.1) is 0 Å². The summed E-state index contributed by atoms with van der Waals surface area (Å²) in [5.74, 6) is 1.64. The second kappa shape index (κ2) is 4.60. The summed E-state index contributed by atoms with van der Waals surface area (Å²) < 4.78 is 9.56. The van der Waals surface area contributed by atoms with Gasteiger partial charge in [-0.3, -0.25) is 0 Å². The third-order valence-corrected chi connectivity index (χ3v) is 0.629. The molecule has 0 unspecified atom stereocenters. The van der Waals surface area contributed by atoms with E-state index in [1.165, 1.54) is 0 Å². The van der Waals surface area contributed by atoms with Crippen LogP contribution in [0.25, 0.3) is 0 Å². The van der Waals surface area contributed by atoms with Gasteiger partial charge in [0.25, 0.3) is 0 Å². The van der Waals surface area contributed by atoms with Crippen LogP contribution in [0, 0.1) is 5.75 Å². The molecule has 0 spiro atoms. The van der Waals surface area contributed by atoms with E-state index < -0.39 is 5.91 Å². The van der Waals surface area contributed by atoms with E-state index in [1.54, 1.807) is 0 Å². The molecule has 0 aromatic heterocycles. The van der Waals surface area contributed by atoms with Crippen molar-refractivity contribution in [3.8, 4) is 5.75 Å². The zero-order valence-electron chi connectivity index (χ0n) is 4.05. The molecule has 44 valence electrons. The number of rotatable bonds is 1. The van der Waals surface area contributed by atoms with E-state index in [4.69, 9.17) is 5.73 Å². The van der Waals surface area contributed by atoms with E-state index in [0.29, 0.717) is 0 Å². The predicted molar refractivity (Wildman–Crippen MR) is 28.7 cm³/mol. The Balaban J connectivity index is 3.50. The Morgan fingerprint density at radius 2 is 2.50 bits per heavy atom. The van der Waals surface area contributed by atoms with Crippen molar-refractivity contribution < 1.29 is 9.36 Å². The third kappa shape index (κ3) is 3.62. The van der Waals surface area contributed by atoms with Crippen molar-refractivity contribution in [2.75, 3.05) is 6.54 Å². The molecule has 1 amide bonds. The summed E-state index contributed by atoms with van der Waals surface area (Å²) in [5.41, 5.74) is 4.86. The van der Waals surface area contributed by atoms with Gasteiger partial charge in [0.1, 0.15) is 0 Å². The number of carbonyl (C=O) groups is 1. The number of nitrogens with two attached hydrogens (primary N) is 1. The van der Waals surface area contributed by atoms with Gasteiger partial charge >= 0.3 is 46.5 Å². The molecule has 3 N–H and O–H groups in total. The Bertz CT molecular complexity index is 171. The molecule has 0 fully saturated rings. The first-order valence-electron chi connectivity index (χ1n) is 1.87. The Morgan fingerprint density at radius 1 is 1.88 bits per heavy atom. The van der Waals surface area contributed by atoms with Crippen molar-refractivity contribution in [1.29, 1.82) is 0 Å². The summed E-state index contributed by atoms with van der Waals surface area (Å²) in [4.78, 5) is 10.1. The van der Waals surface area contributed by atoms with Crippen LogP contribution in [0.1, 0.15) is 0 Å². The Kier molecular flexibility index (Phi) is 4.27. The Labute approximate surface area is 47.6 Å². The van der Waals surface area contributed by atoms with Crippen LogP contribution in [0.3, 0.4) is 0 Å². The van der Waals surface area contributed by atoms with Crippen molar-refractivity contribution in [1.82, 2.24) is 5.32 Å². The van der Waals surface area contributed by atoms with E-state index in [2.05, 4.69) is 0 Å². The third-order valence-electron chi connectivity index (χ3n) is 0.426. The maximum absolute atomic E-state index is 10.1. The second-order valence-corrected chi connectivity index (χ2v) is 1.36.